The topological polar surface area (TPSA) is 41.1 Å². The van der Waals surface area contributed by atoms with Crippen molar-refractivity contribution in [3.8, 4) is 0 Å². The Morgan fingerprint density at radius 1 is 1.33 bits per heavy atom. The molecule has 0 aromatic heterocycles. The molecule has 1 aliphatic heterocycles. The lowest BCUT2D eigenvalue weighted by molar-refractivity contribution is -0.123. The molecule has 1 saturated heterocycles. The summed E-state index contributed by atoms with van der Waals surface area (Å²) in [5.41, 5.74) is 2.85. The molecule has 96 valence electrons. The second-order valence-electron chi connectivity index (χ2n) is 5.35. The molecule has 0 unspecified atom stereocenters. The maximum Gasteiger partial charge on any atom is 0.237 e. The summed E-state index contributed by atoms with van der Waals surface area (Å²) in [6.07, 6.45) is 4.44. The summed E-state index contributed by atoms with van der Waals surface area (Å²) in [5, 5.41) is 6.38. The molecule has 1 amide bonds. The van der Waals surface area contributed by atoms with E-state index in [4.69, 9.17) is 0 Å². The Morgan fingerprint density at radius 2 is 2.22 bits per heavy atom. The first kappa shape index (κ1) is 11.7. The van der Waals surface area contributed by atoms with Crippen LogP contribution in [0.25, 0.3) is 0 Å². The van der Waals surface area contributed by atoms with Crippen molar-refractivity contribution in [2.24, 2.45) is 0 Å². The first-order valence-electron chi connectivity index (χ1n) is 6.93. The van der Waals surface area contributed by atoms with Gasteiger partial charge in [-0.2, -0.15) is 0 Å². The fourth-order valence-electron chi connectivity index (χ4n) is 2.97. The van der Waals surface area contributed by atoms with Crippen molar-refractivity contribution < 1.29 is 4.79 Å². The van der Waals surface area contributed by atoms with E-state index < -0.39 is 0 Å². The number of piperidine rings is 1. The van der Waals surface area contributed by atoms with Crippen molar-refractivity contribution in [2.45, 2.75) is 37.6 Å². The lowest BCUT2D eigenvalue weighted by atomic mass is 9.77. The van der Waals surface area contributed by atoms with Crippen LogP contribution in [0, 0.1) is 0 Å². The number of benzene rings is 1. The molecule has 3 rings (SSSR count). The Balaban J connectivity index is 1.49. The highest BCUT2D eigenvalue weighted by molar-refractivity contribution is 5.81. The van der Waals surface area contributed by atoms with E-state index in [2.05, 4.69) is 34.9 Å². The molecule has 2 N–H and O–H groups in total. The average molecular weight is 244 g/mol. The minimum absolute atomic E-state index is 0.0362. The summed E-state index contributed by atoms with van der Waals surface area (Å²) in [4.78, 5) is 12.0. The van der Waals surface area contributed by atoms with Gasteiger partial charge in [0.2, 0.25) is 5.91 Å². The van der Waals surface area contributed by atoms with Crippen LogP contribution in [-0.4, -0.2) is 25.0 Å². The normalized spacial score (nSPS) is 26.0. The zero-order valence-electron chi connectivity index (χ0n) is 10.6. The summed E-state index contributed by atoms with van der Waals surface area (Å²) in [7, 11) is 0. The van der Waals surface area contributed by atoms with Crippen LogP contribution in [0.3, 0.4) is 0 Å². The maximum absolute atomic E-state index is 12.0. The van der Waals surface area contributed by atoms with E-state index in [9.17, 15) is 4.79 Å². The maximum atomic E-state index is 12.0. The van der Waals surface area contributed by atoms with Gasteiger partial charge >= 0.3 is 0 Å². The zero-order chi connectivity index (χ0) is 12.4. The van der Waals surface area contributed by atoms with Gasteiger partial charge in [0.25, 0.3) is 0 Å². The second kappa shape index (κ2) is 5.11. The van der Waals surface area contributed by atoms with E-state index in [0.717, 1.165) is 32.4 Å². The third-order valence-electron chi connectivity index (χ3n) is 4.11. The SMILES string of the molecule is O=C(NC[C@@H]1Cc2ccccc21)[C@@H]1CCCCN1. The molecule has 3 heteroatoms. The molecule has 18 heavy (non-hydrogen) atoms. The largest absolute Gasteiger partial charge is 0.354 e. The molecule has 1 aromatic rings. The quantitative estimate of drug-likeness (QED) is 0.847. The number of hydrogen-bond acceptors (Lipinski definition) is 2. The van der Waals surface area contributed by atoms with Gasteiger partial charge in [0.15, 0.2) is 0 Å². The van der Waals surface area contributed by atoms with E-state index in [1.165, 1.54) is 17.5 Å². The van der Waals surface area contributed by atoms with Crippen LogP contribution in [0.4, 0.5) is 0 Å². The Bertz CT molecular complexity index is 438. The van der Waals surface area contributed by atoms with Gasteiger partial charge < -0.3 is 10.6 Å². The number of hydrogen-bond donors (Lipinski definition) is 2. The Kier molecular flexibility index (Phi) is 3.33. The Hall–Kier alpha value is -1.35. The summed E-state index contributed by atoms with van der Waals surface area (Å²) in [6, 6.07) is 8.55. The van der Waals surface area contributed by atoms with Gasteiger partial charge in [-0.3, -0.25) is 4.79 Å². The molecule has 1 fully saturated rings. The van der Waals surface area contributed by atoms with Crippen molar-refractivity contribution in [1.82, 2.24) is 10.6 Å². The fourth-order valence-corrected chi connectivity index (χ4v) is 2.97. The van der Waals surface area contributed by atoms with Crippen LogP contribution in [0.2, 0.25) is 0 Å². The minimum atomic E-state index is 0.0362. The van der Waals surface area contributed by atoms with Crippen LogP contribution < -0.4 is 10.6 Å². The molecule has 1 aliphatic carbocycles. The molecule has 3 nitrogen and oxygen atoms in total. The van der Waals surface area contributed by atoms with E-state index in [1.54, 1.807) is 0 Å². The minimum Gasteiger partial charge on any atom is -0.354 e. The predicted octanol–water partition coefficient (Wildman–Crippen LogP) is 1.58. The predicted molar refractivity (Wildman–Crippen MR) is 71.5 cm³/mol. The number of nitrogens with one attached hydrogen (secondary N) is 2. The molecule has 0 bridgehead atoms. The van der Waals surface area contributed by atoms with Gasteiger partial charge in [-0.1, -0.05) is 30.7 Å². The molecular weight excluding hydrogens is 224 g/mol. The molecule has 0 saturated carbocycles. The van der Waals surface area contributed by atoms with E-state index in [1.807, 2.05) is 0 Å². The first-order valence-corrected chi connectivity index (χ1v) is 6.93. The average Bonchev–Trinajstić information content (AvgIpc) is 2.40. The summed E-state index contributed by atoms with van der Waals surface area (Å²) in [6.45, 7) is 1.76. The summed E-state index contributed by atoms with van der Waals surface area (Å²) in [5.74, 6) is 0.702. The molecular formula is C15H20N2O. The number of carbonyl (C=O) groups is 1. The molecule has 1 aromatic carbocycles. The van der Waals surface area contributed by atoms with Crippen molar-refractivity contribution in [3.05, 3.63) is 35.4 Å². The number of fused-ring (bicyclic) bond motifs is 1. The van der Waals surface area contributed by atoms with Crippen molar-refractivity contribution >= 4 is 5.91 Å². The van der Waals surface area contributed by atoms with Gasteiger partial charge in [-0.05, 0) is 36.9 Å². The molecule has 2 aliphatic rings. The highest BCUT2D eigenvalue weighted by Crippen LogP contribution is 2.33. The monoisotopic (exact) mass is 244 g/mol. The third-order valence-corrected chi connectivity index (χ3v) is 4.11. The van der Waals surface area contributed by atoms with Gasteiger partial charge in [-0.25, -0.2) is 0 Å². The van der Waals surface area contributed by atoms with Crippen molar-refractivity contribution in [1.29, 1.82) is 0 Å². The van der Waals surface area contributed by atoms with Crippen LogP contribution in [-0.2, 0) is 11.2 Å². The first-order chi connectivity index (χ1) is 8.84. The smallest absolute Gasteiger partial charge is 0.237 e. The number of carbonyl (C=O) groups excluding carboxylic acids is 1. The standard InChI is InChI=1S/C15H20N2O/c18-15(14-7-3-4-8-16-14)17-10-12-9-11-5-1-2-6-13(11)12/h1-2,5-6,12,14,16H,3-4,7-10H2,(H,17,18)/t12-,14-/m0/s1. The molecule has 1 heterocycles. The fraction of sp³-hybridized carbons (Fsp3) is 0.533. The van der Waals surface area contributed by atoms with Crippen LogP contribution >= 0.6 is 0 Å². The third kappa shape index (κ3) is 2.27. The highest BCUT2D eigenvalue weighted by atomic mass is 16.2. The number of rotatable bonds is 3. The highest BCUT2D eigenvalue weighted by Gasteiger charge is 2.27. The van der Waals surface area contributed by atoms with Gasteiger partial charge in [-0.15, -0.1) is 0 Å². The van der Waals surface area contributed by atoms with Gasteiger partial charge in [0, 0.05) is 12.5 Å². The van der Waals surface area contributed by atoms with E-state index >= 15 is 0 Å². The summed E-state index contributed by atoms with van der Waals surface area (Å²) >= 11 is 0. The lowest BCUT2D eigenvalue weighted by Crippen LogP contribution is -2.48. The zero-order valence-corrected chi connectivity index (χ0v) is 10.6. The van der Waals surface area contributed by atoms with Crippen LogP contribution in [0.15, 0.2) is 24.3 Å². The lowest BCUT2D eigenvalue weighted by Gasteiger charge is -2.31. The molecule has 0 spiro atoms. The molecule has 2 atom stereocenters. The Labute approximate surface area is 108 Å². The number of amides is 1. The Morgan fingerprint density at radius 3 is 3.00 bits per heavy atom. The van der Waals surface area contributed by atoms with Gasteiger partial charge in [0.1, 0.15) is 0 Å². The van der Waals surface area contributed by atoms with Crippen LogP contribution in [0.1, 0.15) is 36.3 Å². The van der Waals surface area contributed by atoms with Crippen molar-refractivity contribution in [3.63, 3.8) is 0 Å². The summed E-state index contributed by atoms with van der Waals surface area (Å²) < 4.78 is 0. The molecule has 0 radical (unpaired) electrons. The van der Waals surface area contributed by atoms with E-state index in [-0.39, 0.29) is 11.9 Å². The second-order valence-corrected chi connectivity index (χ2v) is 5.35. The van der Waals surface area contributed by atoms with Gasteiger partial charge in [0.05, 0.1) is 6.04 Å². The van der Waals surface area contributed by atoms with Crippen molar-refractivity contribution in [2.75, 3.05) is 13.1 Å². The van der Waals surface area contributed by atoms with E-state index in [0.29, 0.717) is 5.92 Å². The van der Waals surface area contributed by atoms with Crippen LogP contribution in [0.5, 0.6) is 0 Å².